The zero-order chi connectivity index (χ0) is 22.0. The molecule has 3 aromatic rings. The first kappa shape index (κ1) is 21.2. The standard InChI is InChI=1S/C24H28N4O3/c1-14(2)8-16-4-6-17(7-5-16)23-27-22(28-31-23)21-13-26-20(9-15(21)3)12-25-19-10-18(11-19)24(29)30/h4-7,9,13-14,18-19,25H,8,10-12H2,1-3H3,(H,29,30). The van der Waals surface area contributed by atoms with Gasteiger partial charge in [-0.25, -0.2) is 0 Å². The maximum atomic E-state index is 10.9. The summed E-state index contributed by atoms with van der Waals surface area (Å²) in [4.78, 5) is 20.0. The second kappa shape index (κ2) is 8.98. The van der Waals surface area contributed by atoms with Gasteiger partial charge < -0.3 is 14.9 Å². The van der Waals surface area contributed by atoms with Crippen LogP contribution in [-0.2, 0) is 17.8 Å². The summed E-state index contributed by atoms with van der Waals surface area (Å²) in [6, 6.07) is 10.5. The highest BCUT2D eigenvalue weighted by atomic mass is 16.5. The zero-order valence-corrected chi connectivity index (χ0v) is 18.1. The summed E-state index contributed by atoms with van der Waals surface area (Å²) >= 11 is 0. The Hall–Kier alpha value is -3.06. The summed E-state index contributed by atoms with van der Waals surface area (Å²) in [7, 11) is 0. The van der Waals surface area contributed by atoms with E-state index in [9.17, 15) is 4.79 Å². The number of carboxylic acids is 1. The lowest BCUT2D eigenvalue weighted by molar-refractivity contribution is -0.145. The summed E-state index contributed by atoms with van der Waals surface area (Å²) in [5.41, 5.74) is 4.96. The molecule has 2 heterocycles. The van der Waals surface area contributed by atoms with Gasteiger partial charge in [0.1, 0.15) is 0 Å². The maximum absolute atomic E-state index is 10.9. The van der Waals surface area contributed by atoms with Gasteiger partial charge >= 0.3 is 5.97 Å². The highest BCUT2D eigenvalue weighted by molar-refractivity contribution is 5.71. The first-order valence-corrected chi connectivity index (χ1v) is 10.7. The fraction of sp³-hybridized carbons (Fsp3) is 0.417. The molecule has 1 aliphatic rings. The Morgan fingerprint density at radius 3 is 2.65 bits per heavy atom. The molecular formula is C24H28N4O3. The lowest BCUT2D eigenvalue weighted by atomic mass is 9.80. The van der Waals surface area contributed by atoms with Crippen LogP contribution in [0.4, 0.5) is 0 Å². The van der Waals surface area contributed by atoms with Crippen molar-refractivity contribution in [3.05, 3.63) is 53.3 Å². The first-order chi connectivity index (χ1) is 14.9. The van der Waals surface area contributed by atoms with Gasteiger partial charge in [0.15, 0.2) is 0 Å². The van der Waals surface area contributed by atoms with Gasteiger partial charge in [-0.1, -0.05) is 31.1 Å². The molecule has 2 aromatic heterocycles. The molecule has 0 saturated heterocycles. The van der Waals surface area contributed by atoms with Crippen LogP contribution in [0.5, 0.6) is 0 Å². The van der Waals surface area contributed by atoms with E-state index in [0.717, 1.165) is 28.8 Å². The molecular weight excluding hydrogens is 392 g/mol. The van der Waals surface area contributed by atoms with Crippen molar-refractivity contribution in [3.8, 4) is 22.8 Å². The highest BCUT2D eigenvalue weighted by Crippen LogP contribution is 2.28. The molecule has 4 rings (SSSR count). The number of carboxylic acid groups (broad SMARTS) is 1. The number of nitrogens with one attached hydrogen (secondary N) is 1. The largest absolute Gasteiger partial charge is 0.481 e. The van der Waals surface area contributed by atoms with Crippen molar-refractivity contribution in [2.45, 2.75) is 52.6 Å². The second-order valence-corrected chi connectivity index (χ2v) is 8.79. The Morgan fingerprint density at radius 2 is 2.00 bits per heavy atom. The van der Waals surface area contributed by atoms with Crippen LogP contribution in [0, 0.1) is 18.8 Å². The number of carbonyl (C=O) groups is 1. The molecule has 0 radical (unpaired) electrons. The number of benzene rings is 1. The Kier molecular flexibility index (Phi) is 6.13. The number of pyridine rings is 1. The van der Waals surface area contributed by atoms with Gasteiger partial charge in [-0.05, 0) is 61.4 Å². The normalized spacial score (nSPS) is 18.2. The third-order valence-electron chi connectivity index (χ3n) is 5.74. The molecule has 7 nitrogen and oxygen atoms in total. The van der Waals surface area contributed by atoms with Crippen molar-refractivity contribution in [3.63, 3.8) is 0 Å². The van der Waals surface area contributed by atoms with Crippen molar-refractivity contribution >= 4 is 5.97 Å². The van der Waals surface area contributed by atoms with Gasteiger partial charge in [-0.15, -0.1) is 0 Å². The number of hydrogen-bond donors (Lipinski definition) is 2. The number of aliphatic carboxylic acids is 1. The quantitative estimate of drug-likeness (QED) is 0.561. The molecule has 162 valence electrons. The van der Waals surface area contributed by atoms with Crippen LogP contribution in [0.15, 0.2) is 41.1 Å². The average molecular weight is 421 g/mol. The fourth-order valence-electron chi connectivity index (χ4n) is 3.88. The first-order valence-electron chi connectivity index (χ1n) is 10.7. The van der Waals surface area contributed by atoms with Crippen LogP contribution in [0.2, 0.25) is 0 Å². The molecule has 0 amide bonds. The van der Waals surface area contributed by atoms with E-state index in [2.05, 4.69) is 46.4 Å². The lowest BCUT2D eigenvalue weighted by Crippen LogP contribution is -2.43. The monoisotopic (exact) mass is 420 g/mol. The third-order valence-corrected chi connectivity index (χ3v) is 5.74. The number of nitrogens with zero attached hydrogens (tertiary/aromatic N) is 3. The summed E-state index contributed by atoms with van der Waals surface area (Å²) in [5, 5.41) is 16.5. The molecule has 2 N–H and O–H groups in total. The SMILES string of the molecule is Cc1cc(CNC2CC(C(=O)O)C2)ncc1-c1noc(-c2ccc(CC(C)C)cc2)n1. The zero-order valence-electron chi connectivity index (χ0n) is 18.1. The van der Waals surface area contributed by atoms with Crippen LogP contribution in [0.1, 0.15) is 43.5 Å². The topological polar surface area (TPSA) is 101 Å². The van der Waals surface area contributed by atoms with Crippen molar-refractivity contribution in [1.29, 1.82) is 0 Å². The average Bonchev–Trinajstić information content (AvgIpc) is 3.16. The number of hydrogen-bond acceptors (Lipinski definition) is 6. The van der Waals surface area contributed by atoms with Crippen molar-refractivity contribution in [2.24, 2.45) is 11.8 Å². The van der Waals surface area contributed by atoms with E-state index in [0.29, 0.717) is 37.0 Å². The van der Waals surface area contributed by atoms with Crippen molar-refractivity contribution < 1.29 is 14.4 Å². The molecule has 1 saturated carbocycles. The van der Waals surface area contributed by atoms with Crippen molar-refractivity contribution in [2.75, 3.05) is 0 Å². The fourth-order valence-corrected chi connectivity index (χ4v) is 3.88. The molecule has 1 aromatic carbocycles. The Balaban J connectivity index is 1.40. The van der Waals surface area contributed by atoms with Gasteiger partial charge in [-0.3, -0.25) is 9.78 Å². The molecule has 0 bridgehead atoms. The van der Waals surface area contributed by atoms with Gasteiger partial charge in [0.25, 0.3) is 5.89 Å². The number of rotatable bonds is 8. The molecule has 0 aliphatic heterocycles. The Bertz CT molecular complexity index is 1050. The van der Waals surface area contributed by atoms with Crippen LogP contribution in [-0.4, -0.2) is 32.2 Å². The van der Waals surface area contributed by atoms with Gasteiger partial charge in [0, 0.05) is 29.9 Å². The molecule has 31 heavy (non-hydrogen) atoms. The summed E-state index contributed by atoms with van der Waals surface area (Å²) in [5.74, 6) is 0.712. The molecule has 0 atom stereocenters. The summed E-state index contributed by atoms with van der Waals surface area (Å²) in [6.07, 6.45) is 4.17. The number of aryl methyl sites for hydroxylation is 1. The molecule has 1 fully saturated rings. The predicted octanol–water partition coefficient (Wildman–Crippen LogP) is 4.26. The van der Waals surface area contributed by atoms with Crippen molar-refractivity contribution in [1.82, 2.24) is 20.4 Å². The van der Waals surface area contributed by atoms with E-state index in [1.165, 1.54) is 5.56 Å². The third kappa shape index (κ3) is 4.99. The summed E-state index contributed by atoms with van der Waals surface area (Å²) in [6.45, 7) is 7.02. The van der Waals surface area contributed by atoms with E-state index in [1.807, 2.05) is 25.1 Å². The Labute approximate surface area is 181 Å². The molecule has 1 aliphatic carbocycles. The van der Waals surface area contributed by atoms with Gasteiger partial charge in [0.05, 0.1) is 11.6 Å². The highest BCUT2D eigenvalue weighted by Gasteiger charge is 2.33. The molecule has 0 spiro atoms. The van der Waals surface area contributed by atoms with Gasteiger partial charge in [-0.2, -0.15) is 4.98 Å². The smallest absolute Gasteiger partial charge is 0.306 e. The van der Waals surface area contributed by atoms with Crippen LogP contribution < -0.4 is 5.32 Å². The minimum absolute atomic E-state index is 0.214. The predicted molar refractivity (Wildman–Crippen MR) is 117 cm³/mol. The summed E-state index contributed by atoms with van der Waals surface area (Å²) < 4.78 is 5.49. The van der Waals surface area contributed by atoms with Crippen LogP contribution in [0.25, 0.3) is 22.8 Å². The van der Waals surface area contributed by atoms with Gasteiger partial charge in [0.2, 0.25) is 5.82 Å². The minimum Gasteiger partial charge on any atom is -0.481 e. The Morgan fingerprint density at radius 1 is 1.26 bits per heavy atom. The maximum Gasteiger partial charge on any atom is 0.306 e. The van der Waals surface area contributed by atoms with E-state index in [4.69, 9.17) is 9.63 Å². The van der Waals surface area contributed by atoms with Crippen LogP contribution >= 0.6 is 0 Å². The van der Waals surface area contributed by atoms with E-state index < -0.39 is 5.97 Å². The minimum atomic E-state index is -0.706. The lowest BCUT2D eigenvalue weighted by Gasteiger charge is -2.33. The van der Waals surface area contributed by atoms with E-state index >= 15 is 0 Å². The molecule has 0 unspecified atom stereocenters. The van der Waals surface area contributed by atoms with Crippen LogP contribution in [0.3, 0.4) is 0 Å². The second-order valence-electron chi connectivity index (χ2n) is 8.79. The molecule has 7 heteroatoms. The van der Waals surface area contributed by atoms with E-state index in [1.54, 1.807) is 6.20 Å². The van der Waals surface area contributed by atoms with E-state index in [-0.39, 0.29) is 12.0 Å². The number of aromatic nitrogens is 3.